The van der Waals surface area contributed by atoms with Crippen LogP contribution in [0.2, 0.25) is 0 Å². The van der Waals surface area contributed by atoms with Crippen molar-refractivity contribution >= 4 is 11.3 Å². The smallest absolute Gasteiger partial charge is 0.216 e. The van der Waals surface area contributed by atoms with Gasteiger partial charge < -0.3 is 5.73 Å². The monoisotopic (exact) mass is 220 g/mol. The molecule has 0 saturated carbocycles. The molecule has 2 N–H and O–H groups in total. The van der Waals surface area contributed by atoms with E-state index in [1.807, 2.05) is 0 Å². The van der Waals surface area contributed by atoms with Crippen LogP contribution in [0, 0.1) is 0 Å². The van der Waals surface area contributed by atoms with Gasteiger partial charge in [-0.3, -0.25) is 4.57 Å². The molecular weight excluding hydrogens is 208 g/mol. The van der Waals surface area contributed by atoms with Crippen molar-refractivity contribution < 1.29 is 0 Å². The van der Waals surface area contributed by atoms with E-state index in [1.54, 1.807) is 16.8 Å². The quantitative estimate of drug-likeness (QED) is 0.795. The molecule has 2 aromatic rings. The molecule has 0 aliphatic heterocycles. The molecule has 0 amide bonds. The first-order chi connectivity index (χ1) is 7.36. The van der Waals surface area contributed by atoms with E-state index in [9.17, 15) is 0 Å². The summed E-state index contributed by atoms with van der Waals surface area (Å²) in [7, 11) is 0. The van der Waals surface area contributed by atoms with Crippen molar-refractivity contribution in [3.8, 4) is 5.13 Å². The van der Waals surface area contributed by atoms with Crippen LogP contribution in [0.5, 0.6) is 0 Å². The lowest BCUT2D eigenvalue weighted by molar-refractivity contribution is 0.560. The van der Waals surface area contributed by atoms with Crippen molar-refractivity contribution in [3.63, 3.8) is 0 Å². The molecule has 0 saturated heterocycles. The molecule has 0 spiro atoms. The molecule has 1 unspecified atom stereocenters. The maximum absolute atomic E-state index is 6.07. The molecule has 5 heteroatoms. The predicted octanol–water partition coefficient (Wildman–Crippen LogP) is 1.66. The van der Waals surface area contributed by atoms with Crippen LogP contribution < -0.4 is 5.73 Å². The van der Waals surface area contributed by atoms with Crippen LogP contribution in [-0.2, 0) is 6.42 Å². The molecule has 0 radical (unpaired) electrons. The van der Waals surface area contributed by atoms with Crippen molar-refractivity contribution in [2.75, 3.05) is 0 Å². The van der Waals surface area contributed by atoms with E-state index < -0.39 is 0 Å². The van der Waals surface area contributed by atoms with Gasteiger partial charge in [-0.1, -0.05) is 11.3 Å². The first-order valence-electron chi connectivity index (χ1n) is 5.08. The van der Waals surface area contributed by atoms with Crippen molar-refractivity contribution in [1.29, 1.82) is 0 Å². The second-order valence-corrected chi connectivity index (χ2v) is 4.62. The van der Waals surface area contributed by atoms with Gasteiger partial charge in [0.05, 0.1) is 0 Å². The van der Waals surface area contributed by atoms with Crippen LogP contribution in [0.25, 0.3) is 5.13 Å². The number of nitrogens with two attached hydrogens (primary N) is 1. The third-order valence-electron chi connectivity index (χ3n) is 2.91. The first-order valence-corrected chi connectivity index (χ1v) is 5.96. The van der Waals surface area contributed by atoms with Gasteiger partial charge in [-0.15, -0.1) is 10.2 Å². The lowest BCUT2D eigenvalue weighted by Gasteiger charge is -2.19. The van der Waals surface area contributed by atoms with Gasteiger partial charge in [0, 0.05) is 17.9 Å². The number of aromatic nitrogens is 3. The third kappa shape index (κ3) is 1.39. The minimum Gasteiger partial charge on any atom is -0.324 e. The summed E-state index contributed by atoms with van der Waals surface area (Å²) in [4.78, 5) is 0. The second kappa shape index (κ2) is 3.43. The fourth-order valence-corrected chi connectivity index (χ4v) is 2.75. The molecule has 78 valence electrons. The molecule has 0 aromatic carbocycles. The first kappa shape index (κ1) is 9.06. The van der Waals surface area contributed by atoms with E-state index in [1.165, 1.54) is 11.3 Å². The van der Waals surface area contributed by atoms with Gasteiger partial charge in [0.2, 0.25) is 5.13 Å². The molecule has 2 heterocycles. The van der Waals surface area contributed by atoms with Gasteiger partial charge in [0.25, 0.3) is 0 Å². The van der Waals surface area contributed by atoms with Gasteiger partial charge in [-0.25, -0.2) is 0 Å². The highest BCUT2D eigenvalue weighted by atomic mass is 32.1. The SMILES string of the molecule is NC1CCCc2c1ccn2-c1nncs1. The highest BCUT2D eigenvalue weighted by Gasteiger charge is 2.21. The number of hydrogen-bond acceptors (Lipinski definition) is 4. The van der Waals surface area contributed by atoms with Crippen molar-refractivity contribution in [1.82, 2.24) is 14.8 Å². The van der Waals surface area contributed by atoms with Crippen LogP contribution in [0.1, 0.15) is 30.1 Å². The van der Waals surface area contributed by atoms with E-state index in [0.29, 0.717) is 0 Å². The average molecular weight is 220 g/mol. The van der Waals surface area contributed by atoms with Crippen LogP contribution in [-0.4, -0.2) is 14.8 Å². The summed E-state index contributed by atoms with van der Waals surface area (Å²) in [5.74, 6) is 0. The summed E-state index contributed by atoms with van der Waals surface area (Å²) in [5.41, 5.74) is 10.4. The summed E-state index contributed by atoms with van der Waals surface area (Å²) in [5, 5.41) is 8.88. The van der Waals surface area contributed by atoms with Gasteiger partial charge in [-0.2, -0.15) is 0 Å². The molecule has 0 fully saturated rings. The van der Waals surface area contributed by atoms with Crippen LogP contribution in [0.15, 0.2) is 17.8 Å². The van der Waals surface area contributed by atoms with Crippen molar-refractivity contribution in [2.24, 2.45) is 5.73 Å². The molecule has 1 aliphatic carbocycles. The van der Waals surface area contributed by atoms with Crippen molar-refractivity contribution in [2.45, 2.75) is 25.3 Å². The summed E-state index contributed by atoms with van der Waals surface area (Å²) in [6.45, 7) is 0. The molecule has 1 atom stereocenters. The van der Waals surface area contributed by atoms with Gasteiger partial charge in [0.1, 0.15) is 5.51 Å². The number of nitrogens with zero attached hydrogens (tertiary/aromatic N) is 3. The van der Waals surface area contributed by atoms with E-state index >= 15 is 0 Å². The Morgan fingerprint density at radius 3 is 3.27 bits per heavy atom. The molecule has 15 heavy (non-hydrogen) atoms. The Bertz CT molecular complexity index is 460. The number of fused-ring (bicyclic) bond motifs is 1. The Labute approximate surface area is 91.7 Å². The minimum absolute atomic E-state index is 0.197. The molecule has 2 aromatic heterocycles. The standard InChI is InChI=1S/C10H12N4S/c11-8-2-1-3-9-7(8)4-5-14(9)10-13-12-6-15-10/h4-6,8H,1-3,11H2. The van der Waals surface area contributed by atoms with Crippen molar-refractivity contribution in [3.05, 3.63) is 29.0 Å². The van der Waals surface area contributed by atoms with E-state index in [-0.39, 0.29) is 6.04 Å². The van der Waals surface area contributed by atoms with Crippen LogP contribution in [0.4, 0.5) is 0 Å². The highest BCUT2D eigenvalue weighted by molar-refractivity contribution is 7.11. The number of hydrogen-bond donors (Lipinski definition) is 1. The summed E-state index contributed by atoms with van der Waals surface area (Å²) >= 11 is 1.55. The maximum atomic E-state index is 6.07. The Balaban J connectivity index is 2.11. The Morgan fingerprint density at radius 1 is 1.53 bits per heavy atom. The van der Waals surface area contributed by atoms with E-state index in [2.05, 4.69) is 27.0 Å². The molecule has 3 rings (SSSR count). The lowest BCUT2D eigenvalue weighted by Crippen LogP contribution is -2.17. The van der Waals surface area contributed by atoms with E-state index in [0.717, 1.165) is 24.4 Å². The normalized spacial score (nSPS) is 20.2. The summed E-state index contributed by atoms with van der Waals surface area (Å²) in [6, 6.07) is 2.31. The average Bonchev–Trinajstić information content (AvgIpc) is 2.85. The summed E-state index contributed by atoms with van der Waals surface area (Å²) < 4.78 is 2.12. The predicted molar refractivity (Wildman–Crippen MR) is 59.1 cm³/mol. The Morgan fingerprint density at radius 2 is 2.47 bits per heavy atom. The third-order valence-corrected chi connectivity index (χ3v) is 3.60. The minimum atomic E-state index is 0.197. The topological polar surface area (TPSA) is 56.7 Å². The molecule has 0 bridgehead atoms. The maximum Gasteiger partial charge on any atom is 0.216 e. The second-order valence-electron chi connectivity index (χ2n) is 3.81. The molecule has 1 aliphatic rings. The fraction of sp³-hybridized carbons (Fsp3) is 0.400. The Kier molecular flexibility index (Phi) is 2.07. The van der Waals surface area contributed by atoms with E-state index in [4.69, 9.17) is 5.73 Å². The zero-order chi connectivity index (χ0) is 10.3. The zero-order valence-corrected chi connectivity index (χ0v) is 9.07. The molecule has 4 nitrogen and oxygen atoms in total. The highest BCUT2D eigenvalue weighted by Crippen LogP contribution is 2.30. The zero-order valence-electron chi connectivity index (χ0n) is 8.26. The largest absolute Gasteiger partial charge is 0.324 e. The molecular formula is C10H12N4S. The van der Waals surface area contributed by atoms with Crippen LogP contribution >= 0.6 is 11.3 Å². The van der Waals surface area contributed by atoms with Crippen LogP contribution in [0.3, 0.4) is 0 Å². The summed E-state index contributed by atoms with van der Waals surface area (Å²) in [6.07, 6.45) is 5.40. The fourth-order valence-electron chi connectivity index (χ4n) is 2.18. The lowest BCUT2D eigenvalue weighted by atomic mass is 9.94. The Hall–Kier alpha value is -1.20. The number of rotatable bonds is 1. The van der Waals surface area contributed by atoms with Gasteiger partial charge in [-0.05, 0) is 30.9 Å². The van der Waals surface area contributed by atoms with Gasteiger partial charge in [0.15, 0.2) is 0 Å². The van der Waals surface area contributed by atoms with Gasteiger partial charge >= 0.3 is 0 Å².